The minimum atomic E-state index is -0.0777. The third-order valence-corrected chi connectivity index (χ3v) is 2.56. The first-order chi connectivity index (χ1) is 6.09. The average Bonchev–Trinajstić information content (AvgIpc) is 2.14. The van der Waals surface area contributed by atoms with Gasteiger partial charge in [-0.25, -0.2) is 0 Å². The highest BCUT2D eigenvalue weighted by Gasteiger charge is 2.17. The Morgan fingerprint density at radius 3 is 2.62 bits per heavy atom. The summed E-state index contributed by atoms with van der Waals surface area (Å²) in [5.41, 5.74) is 6.61. The number of unbranched alkanes of at least 4 members (excludes halogenated alkanes) is 1. The summed E-state index contributed by atoms with van der Waals surface area (Å²) in [7, 11) is 1.87. The molecule has 3 nitrogen and oxygen atoms in total. The summed E-state index contributed by atoms with van der Waals surface area (Å²) < 4.78 is 0.290. The van der Waals surface area contributed by atoms with Crippen molar-refractivity contribution in [2.24, 2.45) is 0 Å². The molecule has 0 saturated carbocycles. The molecule has 0 atom stereocenters. The van der Waals surface area contributed by atoms with Gasteiger partial charge in [0, 0.05) is 13.6 Å². The van der Waals surface area contributed by atoms with Crippen molar-refractivity contribution in [1.82, 2.24) is 0 Å². The molecule has 0 aliphatic carbocycles. The van der Waals surface area contributed by atoms with E-state index in [1.165, 1.54) is 0 Å². The summed E-state index contributed by atoms with van der Waals surface area (Å²) in [6, 6.07) is 0. The Labute approximate surface area is 82.9 Å². The average molecular weight is 198 g/mol. The van der Waals surface area contributed by atoms with E-state index in [0.29, 0.717) is 15.9 Å². The quantitative estimate of drug-likeness (QED) is 0.744. The summed E-state index contributed by atoms with van der Waals surface area (Å²) in [4.78, 5) is 13.1. The molecule has 0 aliphatic heterocycles. The van der Waals surface area contributed by atoms with Crippen LogP contribution in [0.4, 0.5) is 11.4 Å². The van der Waals surface area contributed by atoms with Crippen molar-refractivity contribution in [1.29, 1.82) is 0 Å². The van der Waals surface area contributed by atoms with Gasteiger partial charge >= 0.3 is 0 Å². The van der Waals surface area contributed by atoms with Crippen molar-refractivity contribution in [3.63, 3.8) is 0 Å². The van der Waals surface area contributed by atoms with E-state index in [4.69, 9.17) is 18.0 Å². The summed E-state index contributed by atoms with van der Waals surface area (Å²) in [5.74, 6) is 0. The second-order valence-corrected chi connectivity index (χ2v) is 3.60. The van der Waals surface area contributed by atoms with Crippen LogP contribution < -0.4 is 16.1 Å². The van der Waals surface area contributed by atoms with Crippen LogP contribution in [0.2, 0.25) is 0 Å². The van der Waals surface area contributed by atoms with Gasteiger partial charge in [-0.05, 0) is 6.42 Å². The van der Waals surface area contributed by atoms with E-state index in [1.807, 2.05) is 11.9 Å². The maximum Gasteiger partial charge on any atom is 0.224 e. The molecule has 0 heterocycles. The second kappa shape index (κ2) is 3.87. The molecular formula is C9H14N2OS. The summed E-state index contributed by atoms with van der Waals surface area (Å²) in [6.45, 7) is 2.97. The van der Waals surface area contributed by atoms with Gasteiger partial charge in [-0.3, -0.25) is 4.79 Å². The van der Waals surface area contributed by atoms with Crippen LogP contribution in [-0.2, 0) is 0 Å². The summed E-state index contributed by atoms with van der Waals surface area (Å²) in [5, 5.41) is 0. The number of nitrogen functional groups attached to an aromatic ring is 1. The lowest BCUT2D eigenvalue weighted by Gasteiger charge is -2.21. The zero-order chi connectivity index (χ0) is 10.0. The fourth-order valence-electron chi connectivity index (χ4n) is 1.28. The zero-order valence-electron chi connectivity index (χ0n) is 7.96. The SMILES string of the molecule is CCCCN(C)c1c(N)c(=S)c1=O. The molecular weight excluding hydrogens is 184 g/mol. The topological polar surface area (TPSA) is 46.3 Å². The smallest absolute Gasteiger partial charge is 0.224 e. The number of anilines is 2. The van der Waals surface area contributed by atoms with Crippen LogP contribution in [0.15, 0.2) is 4.79 Å². The molecule has 0 spiro atoms. The van der Waals surface area contributed by atoms with E-state index in [9.17, 15) is 4.79 Å². The third-order valence-electron chi connectivity index (χ3n) is 2.15. The Bertz CT molecular complexity index is 365. The minimum absolute atomic E-state index is 0.0777. The highest BCUT2D eigenvalue weighted by molar-refractivity contribution is 7.71. The molecule has 4 heteroatoms. The van der Waals surface area contributed by atoms with Gasteiger partial charge in [0.25, 0.3) is 0 Å². The molecule has 0 aromatic heterocycles. The first-order valence-corrected chi connectivity index (χ1v) is 4.80. The van der Waals surface area contributed by atoms with Gasteiger partial charge in [0.1, 0.15) is 10.2 Å². The molecule has 0 aliphatic rings. The second-order valence-electron chi connectivity index (χ2n) is 3.20. The first kappa shape index (κ1) is 10.2. The maximum atomic E-state index is 11.3. The number of nitrogens with two attached hydrogens (primary N) is 1. The van der Waals surface area contributed by atoms with Crippen LogP contribution in [0.25, 0.3) is 0 Å². The van der Waals surface area contributed by atoms with Crippen molar-refractivity contribution in [3.05, 3.63) is 14.7 Å². The van der Waals surface area contributed by atoms with Crippen molar-refractivity contribution in [2.75, 3.05) is 24.2 Å². The summed E-state index contributed by atoms with van der Waals surface area (Å²) >= 11 is 4.78. The minimum Gasteiger partial charge on any atom is -0.396 e. The number of nitrogens with zero attached hydrogens (tertiary/aromatic N) is 1. The molecule has 1 aromatic rings. The first-order valence-electron chi connectivity index (χ1n) is 4.39. The van der Waals surface area contributed by atoms with Gasteiger partial charge in [0.05, 0.1) is 5.69 Å². The maximum absolute atomic E-state index is 11.3. The number of hydrogen-bond donors (Lipinski definition) is 1. The van der Waals surface area contributed by atoms with Crippen molar-refractivity contribution in [2.45, 2.75) is 19.8 Å². The van der Waals surface area contributed by atoms with Crippen LogP contribution in [0.5, 0.6) is 0 Å². The lowest BCUT2D eigenvalue weighted by atomic mass is 10.2. The molecule has 1 aromatic carbocycles. The molecule has 0 fully saturated rings. The molecule has 0 unspecified atom stereocenters. The Balaban J connectivity index is 2.74. The van der Waals surface area contributed by atoms with E-state index in [2.05, 4.69) is 6.92 Å². The van der Waals surface area contributed by atoms with Crippen molar-refractivity contribution >= 4 is 23.6 Å². The van der Waals surface area contributed by atoms with Crippen LogP contribution in [0.1, 0.15) is 19.8 Å². The standard InChI is InChI=1S/C9H14N2OS/c1-3-4-5-11(2)7-6(10)9(13)8(7)12/h3-5,10H2,1-2H3. The van der Waals surface area contributed by atoms with Gasteiger partial charge in [0.15, 0.2) is 0 Å². The molecule has 72 valence electrons. The Kier molecular flexibility index (Phi) is 3.03. The van der Waals surface area contributed by atoms with Gasteiger partial charge in [-0.15, -0.1) is 0 Å². The highest BCUT2D eigenvalue weighted by atomic mass is 32.1. The lowest BCUT2D eigenvalue weighted by molar-refractivity contribution is 0.764. The van der Waals surface area contributed by atoms with Gasteiger partial charge < -0.3 is 10.6 Å². The van der Waals surface area contributed by atoms with E-state index in [0.717, 1.165) is 19.4 Å². The van der Waals surface area contributed by atoms with Crippen LogP contribution in [0, 0.1) is 4.51 Å². The van der Waals surface area contributed by atoms with Gasteiger partial charge in [0.2, 0.25) is 5.43 Å². The monoisotopic (exact) mass is 198 g/mol. The van der Waals surface area contributed by atoms with E-state index >= 15 is 0 Å². The Morgan fingerprint density at radius 2 is 2.15 bits per heavy atom. The highest BCUT2D eigenvalue weighted by Crippen LogP contribution is 2.22. The molecule has 0 radical (unpaired) electrons. The zero-order valence-corrected chi connectivity index (χ0v) is 8.78. The van der Waals surface area contributed by atoms with Gasteiger partial charge in [-0.1, -0.05) is 25.6 Å². The molecule has 0 amide bonds. The largest absolute Gasteiger partial charge is 0.396 e. The fourth-order valence-corrected chi connectivity index (χ4v) is 1.48. The predicted molar refractivity (Wildman–Crippen MR) is 58.5 cm³/mol. The normalized spacial score (nSPS) is 10.6. The predicted octanol–water partition coefficient (Wildman–Crippen LogP) is 1.47. The Morgan fingerprint density at radius 1 is 1.54 bits per heavy atom. The van der Waals surface area contributed by atoms with E-state index in [-0.39, 0.29) is 5.43 Å². The number of hydrogen-bond acceptors (Lipinski definition) is 4. The fraction of sp³-hybridized carbons (Fsp3) is 0.556. The van der Waals surface area contributed by atoms with E-state index < -0.39 is 0 Å². The van der Waals surface area contributed by atoms with Crippen molar-refractivity contribution < 1.29 is 0 Å². The summed E-state index contributed by atoms with van der Waals surface area (Å²) in [6.07, 6.45) is 2.17. The Hall–Kier alpha value is -0.900. The van der Waals surface area contributed by atoms with E-state index in [1.54, 1.807) is 0 Å². The van der Waals surface area contributed by atoms with Crippen LogP contribution in [-0.4, -0.2) is 13.6 Å². The molecule has 1 rings (SSSR count). The lowest BCUT2D eigenvalue weighted by Crippen LogP contribution is -2.30. The van der Waals surface area contributed by atoms with Crippen LogP contribution >= 0.6 is 12.2 Å². The molecule has 13 heavy (non-hydrogen) atoms. The molecule has 2 N–H and O–H groups in total. The number of rotatable bonds is 4. The molecule has 0 saturated heterocycles. The van der Waals surface area contributed by atoms with Crippen molar-refractivity contribution in [3.8, 4) is 0 Å². The van der Waals surface area contributed by atoms with Crippen LogP contribution in [0.3, 0.4) is 0 Å². The molecule has 0 bridgehead atoms. The third kappa shape index (κ3) is 1.72. The van der Waals surface area contributed by atoms with Gasteiger partial charge in [-0.2, -0.15) is 0 Å².